The molecule has 0 saturated carbocycles. The number of pyridine rings is 1. The Labute approximate surface area is 196 Å². The van der Waals surface area contributed by atoms with Crippen LogP contribution in [-0.2, 0) is 4.74 Å². The van der Waals surface area contributed by atoms with E-state index >= 15 is 0 Å². The number of carbonyl (C=O) groups excluding carboxylic acids is 1. The smallest absolute Gasteiger partial charge is 0.407 e. The lowest BCUT2D eigenvalue weighted by molar-refractivity contribution is 0.0525. The van der Waals surface area contributed by atoms with Crippen molar-refractivity contribution in [1.82, 2.24) is 10.3 Å². The van der Waals surface area contributed by atoms with Crippen molar-refractivity contribution in [2.45, 2.75) is 39.2 Å². The highest BCUT2D eigenvalue weighted by Gasteiger charge is 2.18. The molecular formula is C26H28N2O4S. The Morgan fingerprint density at radius 2 is 1.85 bits per heavy atom. The van der Waals surface area contributed by atoms with Gasteiger partial charge in [-0.1, -0.05) is 31.2 Å². The van der Waals surface area contributed by atoms with E-state index in [4.69, 9.17) is 9.47 Å². The average molecular weight is 465 g/mol. The highest BCUT2D eigenvalue weighted by molar-refractivity contribution is 7.17. The molecule has 0 aliphatic heterocycles. The van der Waals surface area contributed by atoms with Crippen LogP contribution in [0.25, 0.3) is 32.1 Å². The van der Waals surface area contributed by atoms with Gasteiger partial charge in [-0.25, -0.2) is 4.79 Å². The molecule has 0 spiro atoms. The molecule has 33 heavy (non-hydrogen) atoms. The summed E-state index contributed by atoms with van der Waals surface area (Å²) in [4.78, 5) is 27.4. The highest BCUT2D eigenvalue weighted by atomic mass is 32.1. The maximum Gasteiger partial charge on any atom is 0.407 e. The van der Waals surface area contributed by atoms with Crippen molar-refractivity contribution in [2.24, 2.45) is 0 Å². The Balaban J connectivity index is 1.66. The number of methoxy groups -OCH3 is 1. The summed E-state index contributed by atoms with van der Waals surface area (Å²) in [5.41, 5.74) is 3.22. The number of carbonyl (C=O) groups is 1. The molecule has 0 saturated heterocycles. The van der Waals surface area contributed by atoms with Gasteiger partial charge in [-0.2, -0.15) is 0 Å². The molecule has 7 heteroatoms. The van der Waals surface area contributed by atoms with Gasteiger partial charge in [0.1, 0.15) is 16.1 Å². The van der Waals surface area contributed by atoms with Crippen LogP contribution < -0.4 is 15.6 Å². The normalized spacial score (nSPS) is 12.6. The van der Waals surface area contributed by atoms with Gasteiger partial charge in [0, 0.05) is 28.4 Å². The van der Waals surface area contributed by atoms with Crippen molar-refractivity contribution >= 4 is 38.4 Å². The SMILES string of the molecule is COc1ccc2[nH]c(=O)c3sccc3c2c1-c1ccc(C(C)CNC(=O)OC(C)(C)C)cc1. The molecule has 4 aromatic rings. The van der Waals surface area contributed by atoms with Crippen molar-refractivity contribution < 1.29 is 14.3 Å². The second kappa shape index (κ2) is 8.90. The van der Waals surface area contributed by atoms with Gasteiger partial charge in [0.05, 0.1) is 7.11 Å². The molecule has 0 aliphatic rings. The number of rotatable bonds is 5. The summed E-state index contributed by atoms with van der Waals surface area (Å²) < 4.78 is 11.7. The fourth-order valence-corrected chi connectivity index (χ4v) is 4.73. The average Bonchev–Trinajstić information content (AvgIpc) is 3.26. The summed E-state index contributed by atoms with van der Waals surface area (Å²) in [6.45, 7) is 8.06. The van der Waals surface area contributed by atoms with E-state index in [1.54, 1.807) is 7.11 Å². The third-order valence-corrected chi connectivity index (χ3v) is 6.41. The van der Waals surface area contributed by atoms with Crippen molar-refractivity contribution in [1.29, 1.82) is 0 Å². The Morgan fingerprint density at radius 1 is 1.12 bits per heavy atom. The number of thiophene rings is 1. The first-order chi connectivity index (χ1) is 15.7. The molecule has 2 N–H and O–H groups in total. The van der Waals surface area contributed by atoms with Gasteiger partial charge in [-0.05, 0) is 61.4 Å². The van der Waals surface area contributed by atoms with Crippen LogP contribution in [0.3, 0.4) is 0 Å². The molecule has 2 aromatic heterocycles. The summed E-state index contributed by atoms with van der Waals surface area (Å²) in [6.07, 6.45) is -0.416. The predicted octanol–water partition coefficient (Wildman–Crippen LogP) is 6.05. The van der Waals surface area contributed by atoms with Crippen molar-refractivity contribution in [3.63, 3.8) is 0 Å². The topological polar surface area (TPSA) is 80.4 Å². The summed E-state index contributed by atoms with van der Waals surface area (Å²) in [5, 5.41) is 6.66. The van der Waals surface area contributed by atoms with Gasteiger partial charge >= 0.3 is 6.09 Å². The van der Waals surface area contributed by atoms with Crippen LogP contribution in [0.5, 0.6) is 5.75 Å². The maximum absolute atomic E-state index is 12.4. The van der Waals surface area contributed by atoms with Crippen LogP contribution in [0.15, 0.2) is 52.6 Å². The lowest BCUT2D eigenvalue weighted by atomic mass is 9.94. The predicted molar refractivity (Wildman–Crippen MR) is 135 cm³/mol. The first kappa shape index (κ1) is 22.9. The number of aromatic nitrogens is 1. The molecule has 1 unspecified atom stereocenters. The quantitative estimate of drug-likeness (QED) is 0.377. The molecule has 2 aromatic carbocycles. The van der Waals surface area contributed by atoms with Crippen LogP contribution in [0.2, 0.25) is 0 Å². The fourth-order valence-electron chi connectivity index (χ4n) is 3.93. The molecule has 4 rings (SSSR count). The first-order valence-electron chi connectivity index (χ1n) is 10.9. The molecule has 6 nitrogen and oxygen atoms in total. The standard InChI is InChI=1S/C26H28N2O4S/c1-15(14-27-25(30)32-26(2,3)4)16-6-8-17(9-7-16)21-20(31-5)11-10-19-22(21)18-12-13-33-23(18)24(29)28-19/h6-13,15H,14H2,1-5H3,(H,27,30)(H,28,29). The molecule has 0 bridgehead atoms. The lowest BCUT2D eigenvalue weighted by Gasteiger charge is -2.21. The molecule has 0 aliphatic carbocycles. The maximum atomic E-state index is 12.4. The largest absolute Gasteiger partial charge is 0.496 e. The second-order valence-corrected chi connectivity index (χ2v) is 10.0. The van der Waals surface area contributed by atoms with Crippen LogP contribution >= 0.6 is 11.3 Å². The van der Waals surface area contributed by atoms with Crippen molar-refractivity contribution in [3.05, 3.63) is 63.8 Å². The van der Waals surface area contributed by atoms with Crippen molar-refractivity contribution in [3.8, 4) is 16.9 Å². The number of amides is 1. The zero-order valence-electron chi connectivity index (χ0n) is 19.4. The van der Waals surface area contributed by atoms with E-state index in [2.05, 4.69) is 41.5 Å². The number of ether oxygens (including phenoxy) is 2. The van der Waals surface area contributed by atoms with E-state index < -0.39 is 11.7 Å². The third kappa shape index (κ3) is 4.73. The molecule has 0 fully saturated rings. The van der Waals surface area contributed by atoms with E-state index in [-0.39, 0.29) is 11.5 Å². The number of aromatic amines is 1. The number of nitrogens with one attached hydrogen (secondary N) is 2. The third-order valence-electron chi connectivity index (χ3n) is 5.50. The molecule has 0 radical (unpaired) electrons. The van der Waals surface area contributed by atoms with Gasteiger partial charge in [0.15, 0.2) is 0 Å². The number of alkyl carbamates (subject to hydrolysis) is 1. The van der Waals surface area contributed by atoms with E-state index in [1.807, 2.05) is 44.4 Å². The van der Waals surface area contributed by atoms with Gasteiger partial charge in [0.2, 0.25) is 0 Å². The minimum Gasteiger partial charge on any atom is -0.496 e. The van der Waals surface area contributed by atoms with Crippen molar-refractivity contribution in [2.75, 3.05) is 13.7 Å². The van der Waals surface area contributed by atoms with E-state index in [9.17, 15) is 9.59 Å². The van der Waals surface area contributed by atoms with Gasteiger partial charge in [0.25, 0.3) is 5.56 Å². The zero-order valence-corrected chi connectivity index (χ0v) is 20.3. The van der Waals surface area contributed by atoms with Crippen LogP contribution in [0.1, 0.15) is 39.2 Å². The Bertz CT molecular complexity index is 1360. The number of hydrogen-bond donors (Lipinski definition) is 2. The molecule has 172 valence electrons. The minimum absolute atomic E-state index is 0.0784. The van der Waals surface area contributed by atoms with Gasteiger partial charge in [-0.15, -0.1) is 11.3 Å². The number of hydrogen-bond acceptors (Lipinski definition) is 5. The Kier molecular flexibility index (Phi) is 6.17. The van der Waals surface area contributed by atoms with Gasteiger partial charge in [-0.3, -0.25) is 4.79 Å². The number of H-pyrrole nitrogens is 1. The molecule has 1 amide bonds. The van der Waals surface area contributed by atoms with E-state index in [1.165, 1.54) is 11.3 Å². The van der Waals surface area contributed by atoms with Crippen LogP contribution in [-0.4, -0.2) is 30.3 Å². The summed E-state index contributed by atoms with van der Waals surface area (Å²) in [6, 6.07) is 14.0. The minimum atomic E-state index is -0.523. The fraction of sp³-hybridized carbons (Fsp3) is 0.308. The monoisotopic (exact) mass is 464 g/mol. The zero-order chi connectivity index (χ0) is 23.8. The van der Waals surface area contributed by atoms with E-state index in [0.29, 0.717) is 11.2 Å². The van der Waals surface area contributed by atoms with E-state index in [0.717, 1.165) is 38.7 Å². The summed E-state index contributed by atoms with van der Waals surface area (Å²) in [7, 11) is 1.65. The first-order valence-corrected chi connectivity index (χ1v) is 11.7. The Morgan fingerprint density at radius 3 is 2.52 bits per heavy atom. The number of benzene rings is 2. The lowest BCUT2D eigenvalue weighted by Crippen LogP contribution is -2.34. The molecule has 1 atom stereocenters. The summed E-state index contributed by atoms with van der Waals surface area (Å²) in [5.74, 6) is 0.857. The number of fused-ring (bicyclic) bond motifs is 3. The second-order valence-electron chi connectivity index (χ2n) is 9.09. The molecular weight excluding hydrogens is 436 g/mol. The van der Waals surface area contributed by atoms with Gasteiger partial charge < -0.3 is 19.8 Å². The Hall–Kier alpha value is -3.32. The van der Waals surface area contributed by atoms with Crippen LogP contribution in [0, 0.1) is 0 Å². The van der Waals surface area contributed by atoms with Crippen LogP contribution in [0.4, 0.5) is 4.79 Å². The summed E-state index contributed by atoms with van der Waals surface area (Å²) >= 11 is 1.43. The highest BCUT2D eigenvalue weighted by Crippen LogP contribution is 2.40. The molecule has 2 heterocycles.